The number of rotatable bonds is 6. The molecule has 0 unspecified atom stereocenters. The van der Waals surface area contributed by atoms with E-state index in [1.807, 2.05) is 30.3 Å². The van der Waals surface area contributed by atoms with Gasteiger partial charge in [-0.2, -0.15) is 8.78 Å². The lowest BCUT2D eigenvalue weighted by atomic mass is 9.99. The van der Waals surface area contributed by atoms with E-state index in [1.54, 1.807) is 4.90 Å². The number of halogens is 5. The molecule has 4 rings (SSSR count). The van der Waals surface area contributed by atoms with Gasteiger partial charge in [-0.1, -0.05) is 30.3 Å². The van der Waals surface area contributed by atoms with Gasteiger partial charge >= 0.3 is 6.09 Å². The Balaban J connectivity index is 1.34. The number of benzene rings is 2. The average molecular weight is 484 g/mol. The lowest BCUT2D eigenvalue weighted by Crippen LogP contribution is -2.50. The number of carbonyl (C=O) groups is 2. The van der Waals surface area contributed by atoms with Crippen LogP contribution in [0.1, 0.15) is 18.4 Å². The molecule has 34 heavy (non-hydrogen) atoms. The third-order valence-electron chi connectivity index (χ3n) is 6.04. The lowest BCUT2D eigenvalue weighted by molar-refractivity contribution is -0.134. The van der Waals surface area contributed by atoms with Gasteiger partial charge in [0.25, 0.3) is 5.91 Å². The largest absolute Gasteiger partial charge is 0.477 e. The van der Waals surface area contributed by atoms with Gasteiger partial charge in [0, 0.05) is 19.1 Å². The smallest absolute Gasteiger partial charge is 0.410 e. The van der Waals surface area contributed by atoms with Crippen LogP contribution in [0.15, 0.2) is 30.3 Å². The fourth-order valence-electron chi connectivity index (χ4n) is 4.29. The molecule has 0 saturated carbocycles. The SMILES string of the molecule is O=C(COc1c(F)c(F)c(F)c(F)c1F)N1CCC(N2C(=O)OC[C@@H]2Cc2ccccc2)CC1. The zero-order valence-electron chi connectivity index (χ0n) is 17.9. The average Bonchev–Trinajstić information content (AvgIpc) is 3.21. The Labute approximate surface area is 191 Å². The van der Waals surface area contributed by atoms with Crippen molar-refractivity contribution in [1.29, 1.82) is 0 Å². The minimum atomic E-state index is -2.30. The first-order valence-electron chi connectivity index (χ1n) is 10.7. The molecule has 2 aromatic carbocycles. The second kappa shape index (κ2) is 9.86. The fraction of sp³-hybridized carbons (Fsp3) is 0.391. The van der Waals surface area contributed by atoms with Gasteiger partial charge in [0.15, 0.2) is 12.4 Å². The van der Waals surface area contributed by atoms with Gasteiger partial charge in [0.1, 0.15) is 6.61 Å². The van der Waals surface area contributed by atoms with Gasteiger partial charge in [-0.15, -0.1) is 0 Å². The standard InChI is InChI=1S/C23H21F5N2O4/c24-17-18(25)20(27)22(21(28)19(17)26)33-12-16(31)29-8-6-14(7-9-29)30-15(11-34-23(30)32)10-13-4-2-1-3-5-13/h1-5,14-15H,6-12H2/t15-/m0/s1. The highest BCUT2D eigenvalue weighted by Gasteiger charge is 2.40. The number of amides is 2. The van der Waals surface area contributed by atoms with Crippen molar-refractivity contribution >= 4 is 12.0 Å². The van der Waals surface area contributed by atoms with Crippen molar-refractivity contribution in [2.24, 2.45) is 0 Å². The van der Waals surface area contributed by atoms with Crippen LogP contribution in [0.4, 0.5) is 26.7 Å². The van der Waals surface area contributed by atoms with E-state index in [1.165, 1.54) is 4.90 Å². The van der Waals surface area contributed by atoms with Crippen LogP contribution in [0.3, 0.4) is 0 Å². The molecular formula is C23H21F5N2O4. The van der Waals surface area contributed by atoms with Crippen LogP contribution in [-0.2, 0) is 16.0 Å². The van der Waals surface area contributed by atoms with E-state index in [2.05, 4.69) is 4.74 Å². The number of piperidine rings is 1. The van der Waals surface area contributed by atoms with Crippen LogP contribution >= 0.6 is 0 Å². The van der Waals surface area contributed by atoms with Crippen LogP contribution in [-0.4, -0.2) is 60.2 Å². The number of hydrogen-bond donors (Lipinski definition) is 0. The summed E-state index contributed by atoms with van der Waals surface area (Å²) in [7, 11) is 0. The highest BCUT2D eigenvalue weighted by Crippen LogP contribution is 2.30. The highest BCUT2D eigenvalue weighted by molar-refractivity contribution is 5.78. The molecule has 0 bridgehead atoms. The molecule has 11 heteroatoms. The second-order valence-corrected chi connectivity index (χ2v) is 8.13. The Morgan fingerprint density at radius 2 is 1.53 bits per heavy atom. The zero-order chi connectivity index (χ0) is 24.4. The summed E-state index contributed by atoms with van der Waals surface area (Å²) in [5.74, 6) is -13.0. The number of nitrogens with zero attached hydrogens (tertiary/aromatic N) is 2. The van der Waals surface area contributed by atoms with E-state index in [4.69, 9.17) is 4.74 Å². The van der Waals surface area contributed by atoms with Gasteiger partial charge in [0.05, 0.1) is 6.04 Å². The molecule has 0 aromatic heterocycles. The Bertz CT molecular complexity index is 1050. The van der Waals surface area contributed by atoms with Gasteiger partial charge in [-0.3, -0.25) is 9.69 Å². The Hall–Kier alpha value is -3.37. The topological polar surface area (TPSA) is 59.1 Å². The number of likely N-dealkylation sites (tertiary alicyclic amines) is 1. The van der Waals surface area contributed by atoms with E-state index < -0.39 is 53.4 Å². The monoisotopic (exact) mass is 484 g/mol. The maximum Gasteiger partial charge on any atom is 0.410 e. The van der Waals surface area contributed by atoms with Crippen molar-refractivity contribution in [2.75, 3.05) is 26.3 Å². The van der Waals surface area contributed by atoms with Gasteiger partial charge < -0.3 is 14.4 Å². The predicted octanol–water partition coefficient (Wildman–Crippen LogP) is 3.82. The molecule has 2 fully saturated rings. The van der Waals surface area contributed by atoms with Gasteiger partial charge in [-0.25, -0.2) is 18.0 Å². The molecule has 0 spiro atoms. The Kier molecular flexibility index (Phi) is 6.90. The van der Waals surface area contributed by atoms with E-state index in [0.29, 0.717) is 19.3 Å². The molecule has 1 atom stereocenters. The quantitative estimate of drug-likeness (QED) is 0.356. The summed E-state index contributed by atoms with van der Waals surface area (Å²) < 4.78 is 77.1. The molecule has 2 heterocycles. The molecule has 2 amide bonds. The minimum Gasteiger partial charge on any atom is -0.477 e. The van der Waals surface area contributed by atoms with Crippen molar-refractivity contribution in [2.45, 2.75) is 31.3 Å². The molecule has 0 N–H and O–H groups in total. The molecule has 0 radical (unpaired) electrons. The maximum atomic E-state index is 13.7. The molecule has 182 valence electrons. The first-order chi connectivity index (χ1) is 16.3. The normalized spacial score (nSPS) is 18.9. The van der Waals surface area contributed by atoms with Crippen molar-refractivity contribution < 1.29 is 41.0 Å². The summed E-state index contributed by atoms with van der Waals surface area (Å²) in [4.78, 5) is 27.8. The Morgan fingerprint density at radius 3 is 2.15 bits per heavy atom. The predicted molar refractivity (Wildman–Crippen MR) is 108 cm³/mol. The number of cyclic esters (lactones) is 1. The number of ether oxygens (including phenoxy) is 2. The van der Waals surface area contributed by atoms with Crippen molar-refractivity contribution in [3.63, 3.8) is 0 Å². The van der Waals surface area contributed by atoms with E-state index in [-0.39, 0.29) is 31.8 Å². The minimum absolute atomic E-state index is 0.139. The lowest BCUT2D eigenvalue weighted by Gasteiger charge is -2.37. The summed E-state index contributed by atoms with van der Waals surface area (Å²) in [5, 5.41) is 0. The summed E-state index contributed by atoms with van der Waals surface area (Å²) in [6.45, 7) is -0.175. The van der Waals surface area contributed by atoms with E-state index >= 15 is 0 Å². The second-order valence-electron chi connectivity index (χ2n) is 8.13. The molecule has 6 nitrogen and oxygen atoms in total. The summed E-state index contributed by atoms with van der Waals surface area (Å²) in [6.07, 6.45) is 1.09. The van der Waals surface area contributed by atoms with Crippen LogP contribution in [0.5, 0.6) is 5.75 Å². The van der Waals surface area contributed by atoms with Crippen molar-refractivity contribution in [3.05, 3.63) is 65.0 Å². The molecule has 2 aromatic rings. The van der Waals surface area contributed by atoms with Crippen LogP contribution in [0, 0.1) is 29.1 Å². The summed E-state index contributed by atoms with van der Waals surface area (Å²) in [6, 6.07) is 9.36. The van der Waals surface area contributed by atoms with Gasteiger partial charge in [0.2, 0.25) is 29.1 Å². The third kappa shape index (κ3) is 4.64. The summed E-state index contributed by atoms with van der Waals surface area (Å²) in [5.41, 5.74) is 1.06. The van der Waals surface area contributed by atoms with Crippen LogP contribution in [0.25, 0.3) is 0 Å². The molecular weight excluding hydrogens is 463 g/mol. The van der Waals surface area contributed by atoms with E-state index in [9.17, 15) is 31.5 Å². The number of hydrogen-bond acceptors (Lipinski definition) is 4. The number of carbonyl (C=O) groups excluding carboxylic acids is 2. The van der Waals surface area contributed by atoms with Crippen LogP contribution in [0.2, 0.25) is 0 Å². The highest BCUT2D eigenvalue weighted by atomic mass is 19.2. The zero-order valence-corrected chi connectivity index (χ0v) is 17.9. The molecule has 0 aliphatic carbocycles. The summed E-state index contributed by atoms with van der Waals surface area (Å²) >= 11 is 0. The molecule has 2 saturated heterocycles. The molecule has 2 aliphatic heterocycles. The van der Waals surface area contributed by atoms with Crippen molar-refractivity contribution in [1.82, 2.24) is 9.80 Å². The molecule has 2 aliphatic rings. The maximum absolute atomic E-state index is 13.7. The van der Waals surface area contributed by atoms with Crippen molar-refractivity contribution in [3.8, 4) is 5.75 Å². The first-order valence-corrected chi connectivity index (χ1v) is 10.7. The third-order valence-corrected chi connectivity index (χ3v) is 6.04. The first kappa shape index (κ1) is 23.8. The Morgan fingerprint density at radius 1 is 0.941 bits per heavy atom. The fourth-order valence-corrected chi connectivity index (χ4v) is 4.29. The van der Waals surface area contributed by atoms with E-state index in [0.717, 1.165) is 5.56 Å². The van der Waals surface area contributed by atoms with Crippen LogP contribution < -0.4 is 4.74 Å². The van der Waals surface area contributed by atoms with Gasteiger partial charge in [-0.05, 0) is 24.8 Å².